The Balaban J connectivity index is 1.49. The third kappa shape index (κ3) is 6.81. The third-order valence-electron chi connectivity index (χ3n) is 6.60. The summed E-state index contributed by atoms with van der Waals surface area (Å²) in [7, 11) is 1.63. The average molecular weight is 589 g/mol. The molecular formula is C30H35F2N2O4PS. The highest BCUT2D eigenvalue weighted by atomic mass is 32.1. The van der Waals surface area contributed by atoms with Gasteiger partial charge < -0.3 is 19.7 Å². The number of anilines is 1. The Morgan fingerprint density at radius 3 is 2.48 bits per heavy atom. The Labute approximate surface area is 240 Å². The molecule has 0 saturated heterocycles. The zero-order valence-corrected chi connectivity index (χ0v) is 25.3. The third-order valence-corrected chi connectivity index (χ3v) is 8.30. The lowest BCUT2D eigenvalue weighted by Crippen LogP contribution is -2.49. The number of nitrogens with zero attached hydrogens (tertiary/aromatic N) is 1. The molecule has 0 bridgehead atoms. The van der Waals surface area contributed by atoms with Crippen LogP contribution in [0.15, 0.2) is 48.5 Å². The van der Waals surface area contributed by atoms with Crippen molar-refractivity contribution in [3.63, 3.8) is 0 Å². The highest BCUT2D eigenvalue weighted by Gasteiger charge is 2.33. The number of hydrogen-bond donors (Lipinski definition) is 1. The summed E-state index contributed by atoms with van der Waals surface area (Å²) in [6, 6.07) is 13.8. The predicted octanol–water partition coefficient (Wildman–Crippen LogP) is 7.42. The van der Waals surface area contributed by atoms with Crippen LogP contribution in [0.4, 0.5) is 19.3 Å². The summed E-state index contributed by atoms with van der Waals surface area (Å²) in [5.74, 6) is 0.443. The van der Waals surface area contributed by atoms with Gasteiger partial charge in [-0.3, -0.25) is 4.79 Å². The molecule has 0 spiro atoms. The van der Waals surface area contributed by atoms with E-state index >= 15 is 0 Å². The van der Waals surface area contributed by atoms with Crippen molar-refractivity contribution in [1.82, 2.24) is 5.32 Å². The van der Waals surface area contributed by atoms with Gasteiger partial charge in [0.2, 0.25) is 5.91 Å². The summed E-state index contributed by atoms with van der Waals surface area (Å²) in [5, 5.41) is 2.69. The molecule has 2 unspecified atom stereocenters. The van der Waals surface area contributed by atoms with E-state index in [-0.39, 0.29) is 17.4 Å². The Morgan fingerprint density at radius 2 is 1.85 bits per heavy atom. The molecule has 0 aliphatic carbocycles. The van der Waals surface area contributed by atoms with Gasteiger partial charge in [-0.05, 0) is 75.4 Å². The van der Waals surface area contributed by atoms with Crippen molar-refractivity contribution >= 4 is 38.3 Å². The van der Waals surface area contributed by atoms with Gasteiger partial charge in [-0.25, -0.2) is 4.79 Å². The Morgan fingerprint density at radius 1 is 1.15 bits per heavy atom. The lowest BCUT2D eigenvalue weighted by molar-refractivity contribution is -0.120. The lowest BCUT2D eigenvalue weighted by atomic mass is 10.0. The van der Waals surface area contributed by atoms with Crippen molar-refractivity contribution in [2.75, 3.05) is 11.4 Å². The molecule has 1 aromatic heterocycles. The van der Waals surface area contributed by atoms with Crippen LogP contribution in [-0.4, -0.2) is 30.2 Å². The summed E-state index contributed by atoms with van der Waals surface area (Å²) in [6.45, 7) is 9.72. The quantitative estimate of drug-likeness (QED) is 0.278. The largest absolute Gasteiger partial charge is 0.488 e. The number of alkyl carbamates (subject to hydrolysis) is 1. The first-order chi connectivity index (χ1) is 18.8. The smallest absolute Gasteiger partial charge is 0.408 e. The van der Waals surface area contributed by atoms with Gasteiger partial charge in [0, 0.05) is 22.7 Å². The molecule has 2 atom stereocenters. The van der Waals surface area contributed by atoms with E-state index in [0.29, 0.717) is 35.6 Å². The highest BCUT2D eigenvalue weighted by molar-refractivity contribution is 7.21. The Bertz CT molecular complexity index is 1380. The van der Waals surface area contributed by atoms with Crippen molar-refractivity contribution in [3.05, 3.63) is 69.4 Å². The van der Waals surface area contributed by atoms with Crippen molar-refractivity contribution in [2.45, 2.75) is 71.4 Å². The average Bonchev–Trinajstić information content (AvgIpc) is 3.51. The van der Waals surface area contributed by atoms with Crippen molar-refractivity contribution in [1.29, 1.82) is 0 Å². The number of fused-ring (bicyclic) bond motifs is 1. The molecule has 2 amide bonds. The second-order valence-electron chi connectivity index (χ2n) is 10.8. The summed E-state index contributed by atoms with van der Waals surface area (Å²) in [5.41, 5.74) is 0.183. The fraction of sp³-hybridized carbons (Fsp3) is 0.400. The first kappa shape index (κ1) is 29.9. The summed E-state index contributed by atoms with van der Waals surface area (Å²) >= 11 is 1.04. The summed E-state index contributed by atoms with van der Waals surface area (Å²) < 4.78 is 40.2. The van der Waals surface area contributed by atoms with E-state index < -0.39 is 23.4 Å². The summed E-state index contributed by atoms with van der Waals surface area (Å²) in [6.07, 6.45) is 0.444. The van der Waals surface area contributed by atoms with Gasteiger partial charge in [-0.2, -0.15) is 8.78 Å². The van der Waals surface area contributed by atoms with Crippen molar-refractivity contribution in [2.24, 2.45) is 0 Å². The number of hydrogen-bond acceptors (Lipinski definition) is 5. The molecule has 2 aromatic carbocycles. The number of halogens is 2. The van der Waals surface area contributed by atoms with Crippen LogP contribution in [0.2, 0.25) is 0 Å². The molecule has 4 rings (SSSR count). The molecule has 1 aliphatic rings. The number of carbonyl (C=O) groups excluding carboxylic acids is 2. The van der Waals surface area contributed by atoms with E-state index in [0.717, 1.165) is 33.7 Å². The number of ether oxygens (including phenoxy) is 2. The highest BCUT2D eigenvalue weighted by Crippen LogP contribution is 2.46. The molecule has 2 heterocycles. The minimum Gasteiger partial charge on any atom is -0.488 e. The molecule has 0 fully saturated rings. The number of alkyl halides is 2. The van der Waals surface area contributed by atoms with Gasteiger partial charge in [0.15, 0.2) is 0 Å². The van der Waals surface area contributed by atoms with E-state index in [4.69, 9.17) is 9.47 Å². The monoisotopic (exact) mass is 588 g/mol. The molecule has 214 valence electrons. The number of nitrogens with one attached hydrogen (secondary N) is 1. The van der Waals surface area contributed by atoms with Crippen molar-refractivity contribution < 1.29 is 27.8 Å². The topological polar surface area (TPSA) is 67.9 Å². The summed E-state index contributed by atoms with van der Waals surface area (Å²) in [4.78, 5) is 28.0. The van der Waals surface area contributed by atoms with Crippen LogP contribution in [0.5, 0.6) is 5.75 Å². The maximum atomic E-state index is 14.4. The number of rotatable bonds is 8. The minimum atomic E-state index is -3.05. The maximum Gasteiger partial charge on any atom is 0.408 e. The van der Waals surface area contributed by atoms with E-state index in [1.54, 1.807) is 47.0 Å². The molecule has 1 N–H and O–H groups in total. The van der Waals surface area contributed by atoms with E-state index in [1.165, 1.54) is 0 Å². The van der Waals surface area contributed by atoms with Crippen LogP contribution in [0.1, 0.15) is 55.0 Å². The standard InChI is InChI=1S/C30H35F2N2O4PS/c1-6-23(33-28(36)38-29(3,4)5)27(35)34-15-14-21-18(2)25(13-12-24(21)34)37-17-20-16-22(19-10-8-7-9-11-19)26(40-20)30(31,32)39/h7-13,16,23H,6,14-15,17,39H2,1-5H3,(H,33,36). The van der Waals surface area contributed by atoms with Crippen LogP contribution in [-0.2, 0) is 28.2 Å². The van der Waals surface area contributed by atoms with Gasteiger partial charge in [-0.15, -0.1) is 11.3 Å². The molecule has 1 aliphatic heterocycles. The maximum absolute atomic E-state index is 14.4. The fourth-order valence-electron chi connectivity index (χ4n) is 4.74. The SMILES string of the molecule is CCC(NC(=O)OC(C)(C)C)C(=O)N1CCc2c1ccc(OCc1cc(-c3ccccc3)c(C(F)(F)P)s1)c2C. The number of thiophene rings is 1. The van der Waals surface area contributed by atoms with Crippen molar-refractivity contribution in [3.8, 4) is 16.9 Å². The van der Waals surface area contributed by atoms with Crippen LogP contribution in [0, 0.1) is 6.92 Å². The molecular weight excluding hydrogens is 553 g/mol. The zero-order chi connectivity index (χ0) is 29.2. The van der Waals surface area contributed by atoms with Crippen LogP contribution in [0.25, 0.3) is 11.1 Å². The van der Waals surface area contributed by atoms with E-state index in [2.05, 4.69) is 5.32 Å². The van der Waals surface area contributed by atoms with E-state index in [9.17, 15) is 18.4 Å². The minimum absolute atomic E-state index is 0.0207. The second kappa shape index (κ2) is 11.8. The van der Waals surface area contributed by atoms with Gasteiger partial charge >= 0.3 is 6.09 Å². The number of benzene rings is 2. The second-order valence-corrected chi connectivity index (χ2v) is 12.6. The Kier molecular flexibility index (Phi) is 8.86. The molecule has 0 saturated carbocycles. The van der Waals surface area contributed by atoms with E-state index in [1.807, 2.05) is 50.2 Å². The van der Waals surface area contributed by atoms with Gasteiger partial charge in [0.1, 0.15) is 24.0 Å². The molecule has 3 aromatic rings. The lowest BCUT2D eigenvalue weighted by Gasteiger charge is -2.26. The van der Waals surface area contributed by atoms with Gasteiger partial charge in [0.05, 0.1) is 4.88 Å². The number of amides is 2. The van der Waals surface area contributed by atoms with Gasteiger partial charge in [0.25, 0.3) is 5.66 Å². The molecule has 40 heavy (non-hydrogen) atoms. The van der Waals surface area contributed by atoms with Crippen LogP contribution < -0.4 is 15.0 Å². The zero-order valence-electron chi connectivity index (χ0n) is 23.3. The van der Waals surface area contributed by atoms with Gasteiger partial charge in [-0.1, -0.05) is 46.5 Å². The van der Waals surface area contributed by atoms with Crippen LogP contribution in [0.3, 0.4) is 0 Å². The normalized spacial score (nSPS) is 14.1. The fourth-order valence-corrected chi connectivity index (χ4v) is 6.05. The molecule has 6 nitrogen and oxygen atoms in total. The molecule has 0 radical (unpaired) electrons. The Hall–Kier alpha value is -3.03. The molecule has 10 heteroatoms. The first-order valence-corrected chi connectivity index (χ1v) is 14.6. The number of carbonyl (C=O) groups is 2. The van der Waals surface area contributed by atoms with Crippen LogP contribution >= 0.6 is 20.6 Å². The first-order valence-electron chi connectivity index (χ1n) is 13.2. The predicted molar refractivity (Wildman–Crippen MR) is 158 cm³/mol.